The van der Waals surface area contributed by atoms with Crippen molar-refractivity contribution in [2.24, 2.45) is 0 Å². The summed E-state index contributed by atoms with van der Waals surface area (Å²) in [5.41, 5.74) is 0.853. The van der Waals surface area contributed by atoms with Crippen molar-refractivity contribution < 1.29 is 14.7 Å². The van der Waals surface area contributed by atoms with Gasteiger partial charge in [-0.15, -0.1) is 0 Å². The van der Waals surface area contributed by atoms with Crippen LogP contribution >= 0.6 is 0 Å². The SMILES string of the molecule is CCC(O)c1ccc(N2CC(=O)NC(=O)C2(C)C)cc1. The number of aliphatic hydroxyl groups is 1. The standard InChI is InChI=1S/C15H20N2O3/c1-4-12(18)10-5-7-11(8-6-10)17-9-13(19)16-14(20)15(17,2)3/h5-8,12,18H,4,9H2,1-3H3,(H,16,19,20). The highest BCUT2D eigenvalue weighted by atomic mass is 16.3. The van der Waals surface area contributed by atoms with Crippen LogP contribution in [0.4, 0.5) is 5.69 Å². The maximum atomic E-state index is 11.9. The summed E-state index contributed by atoms with van der Waals surface area (Å²) in [6, 6.07) is 7.33. The summed E-state index contributed by atoms with van der Waals surface area (Å²) in [6.45, 7) is 5.62. The summed E-state index contributed by atoms with van der Waals surface area (Å²) in [4.78, 5) is 25.2. The van der Waals surface area contributed by atoms with Gasteiger partial charge in [0.1, 0.15) is 5.54 Å². The molecule has 1 unspecified atom stereocenters. The summed E-state index contributed by atoms with van der Waals surface area (Å²) in [5, 5.41) is 12.1. The first-order chi connectivity index (χ1) is 9.36. The summed E-state index contributed by atoms with van der Waals surface area (Å²) < 4.78 is 0. The lowest BCUT2D eigenvalue weighted by molar-refractivity contribution is -0.135. The maximum Gasteiger partial charge on any atom is 0.251 e. The second kappa shape index (κ2) is 5.25. The lowest BCUT2D eigenvalue weighted by atomic mass is 9.97. The lowest BCUT2D eigenvalue weighted by Crippen LogP contribution is -2.64. The van der Waals surface area contributed by atoms with Crippen LogP contribution in [0.25, 0.3) is 0 Å². The Hall–Kier alpha value is -1.88. The van der Waals surface area contributed by atoms with Crippen LogP contribution in [0.5, 0.6) is 0 Å². The maximum absolute atomic E-state index is 11.9. The van der Waals surface area contributed by atoms with Crippen LogP contribution in [0.1, 0.15) is 38.9 Å². The Morgan fingerprint density at radius 3 is 2.45 bits per heavy atom. The number of hydrogen-bond acceptors (Lipinski definition) is 4. The largest absolute Gasteiger partial charge is 0.388 e. The Kier molecular flexibility index (Phi) is 3.81. The molecule has 20 heavy (non-hydrogen) atoms. The molecule has 1 aromatic rings. The van der Waals surface area contributed by atoms with E-state index in [0.717, 1.165) is 11.3 Å². The number of amides is 2. The van der Waals surface area contributed by atoms with Gasteiger partial charge in [-0.2, -0.15) is 0 Å². The van der Waals surface area contributed by atoms with E-state index in [1.54, 1.807) is 18.7 Å². The number of hydrogen-bond donors (Lipinski definition) is 2. The Morgan fingerprint density at radius 1 is 1.30 bits per heavy atom. The first kappa shape index (κ1) is 14.5. The van der Waals surface area contributed by atoms with E-state index in [1.165, 1.54) is 0 Å². The zero-order valence-electron chi connectivity index (χ0n) is 12.0. The molecule has 2 rings (SSSR count). The second-order valence-electron chi connectivity index (χ2n) is 5.54. The topological polar surface area (TPSA) is 69.6 Å². The highest BCUT2D eigenvalue weighted by Crippen LogP contribution is 2.28. The second-order valence-corrected chi connectivity index (χ2v) is 5.54. The molecule has 0 saturated carbocycles. The molecule has 0 aromatic heterocycles. The van der Waals surface area contributed by atoms with Crippen molar-refractivity contribution in [1.82, 2.24) is 5.32 Å². The minimum Gasteiger partial charge on any atom is -0.388 e. The van der Waals surface area contributed by atoms with Crippen molar-refractivity contribution in [3.8, 4) is 0 Å². The van der Waals surface area contributed by atoms with Gasteiger partial charge < -0.3 is 10.0 Å². The summed E-state index contributed by atoms with van der Waals surface area (Å²) in [7, 11) is 0. The third-order valence-corrected chi connectivity index (χ3v) is 3.76. The van der Waals surface area contributed by atoms with Gasteiger partial charge in [-0.1, -0.05) is 19.1 Å². The molecule has 5 nitrogen and oxygen atoms in total. The van der Waals surface area contributed by atoms with E-state index in [4.69, 9.17) is 0 Å². The Morgan fingerprint density at radius 2 is 1.90 bits per heavy atom. The van der Waals surface area contributed by atoms with Crippen LogP contribution in [-0.4, -0.2) is 29.0 Å². The average molecular weight is 276 g/mol. The van der Waals surface area contributed by atoms with E-state index in [2.05, 4.69) is 5.32 Å². The molecule has 1 aliphatic heterocycles. The molecule has 1 heterocycles. The number of piperazine rings is 1. The number of benzene rings is 1. The molecule has 0 radical (unpaired) electrons. The van der Waals surface area contributed by atoms with Gasteiger partial charge in [0.15, 0.2) is 0 Å². The van der Waals surface area contributed by atoms with Gasteiger partial charge in [0.2, 0.25) is 5.91 Å². The molecular formula is C15H20N2O3. The van der Waals surface area contributed by atoms with E-state index in [1.807, 2.05) is 31.2 Å². The number of carbonyl (C=O) groups is 2. The number of anilines is 1. The molecule has 1 fully saturated rings. The van der Waals surface area contributed by atoms with Crippen LogP contribution in [-0.2, 0) is 9.59 Å². The molecule has 1 saturated heterocycles. The van der Waals surface area contributed by atoms with Crippen molar-refractivity contribution in [2.45, 2.75) is 38.8 Å². The molecule has 0 aliphatic carbocycles. The highest BCUT2D eigenvalue weighted by Gasteiger charge is 2.40. The van der Waals surface area contributed by atoms with Crippen LogP contribution in [0, 0.1) is 0 Å². The highest BCUT2D eigenvalue weighted by molar-refractivity contribution is 6.06. The molecular weight excluding hydrogens is 256 g/mol. The first-order valence-corrected chi connectivity index (χ1v) is 6.76. The molecule has 108 valence electrons. The molecule has 1 aliphatic rings. The van der Waals surface area contributed by atoms with Crippen molar-refractivity contribution in [3.05, 3.63) is 29.8 Å². The summed E-state index contributed by atoms with van der Waals surface area (Å²) in [5.74, 6) is -0.599. The minimum absolute atomic E-state index is 0.147. The number of rotatable bonds is 3. The van der Waals surface area contributed by atoms with Crippen LogP contribution in [0.3, 0.4) is 0 Å². The predicted molar refractivity (Wildman–Crippen MR) is 76.3 cm³/mol. The lowest BCUT2D eigenvalue weighted by Gasteiger charge is -2.41. The molecule has 5 heteroatoms. The fraction of sp³-hybridized carbons (Fsp3) is 0.467. The molecule has 0 spiro atoms. The zero-order chi connectivity index (χ0) is 14.9. The fourth-order valence-corrected chi connectivity index (χ4v) is 2.31. The first-order valence-electron chi connectivity index (χ1n) is 6.76. The number of nitrogens with zero attached hydrogens (tertiary/aromatic N) is 1. The van der Waals surface area contributed by atoms with Gasteiger partial charge in [0, 0.05) is 5.69 Å². The number of imide groups is 1. The Labute approximate surface area is 118 Å². The van der Waals surface area contributed by atoms with Crippen molar-refractivity contribution in [2.75, 3.05) is 11.4 Å². The number of carbonyl (C=O) groups excluding carboxylic acids is 2. The molecule has 1 atom stereocenters. The number of aliphatic hydroxyl groups excluding tert-OH is 1. The van der Waals surface area contributed by atoms with Crippen LogP contribution in [0.2, 0.25) is 0 Å². The van der Waals surface area contributed by atoms with Gasteiger partial charge in [0.05, 0.1) is 12.6 Å². The Balaban J connectivity index is 2.30. The van der Waals surface area contributed by atoms with Crippen molar-refractivity contribution in [1.29, 1.82) is 0 Å². The van der Waals surface area contributed by atoms with Crippen LogP contribution in [0.15, 0.2) is 24.3 Å². The van der Waals surface area contributed by atoms with Gasteiger partial charge in [0.25, 0.3) is 5.91 Å². The van der Waals surface area contributed by atoms with E-state index in [0.29, 0.717) is 6.42 Å². The van der Waals surface area contributed by atoms with Gasteiger partial charge in [-0.25, -0.2) is 0 Å². The van der Waals surface area contributed by atoms with E-state index < -0.39 is 11.6 Å². The number of nitrogens with one attached hydrogen (secondary N) is 1. The zero-order valence-corrected chi connectivity index (χ0v) is 12.0. The van der Waals surface area contributed by atoms with Crippen molar-refractivity contribution in [3.63, 3.8) is 0 Å². The summed E-state index contributed by atoms with van der Waals surface area (Å²) >= 11 is 0. The van der Waals surface area contributed by atoms with Crippen LogP contribution < -0.4 is 10.2 Å². The molecule has 2 amide bonds. The smallest absolute Gasteiger partial charge is 0.251 e. The Bertz CT molecular complexity index is 522. The third kappa shape index (κ3) is 2.54. The minimum atomic E-state index is -0.779. The predicted octanol–water partition coefficient (Wildman–Crippen LogP) is 1.37. The van der Waals surface area contributed by atoms with Gasteiger partial charge in [-0.05, 0) is 38.0 Å². The monoisotopic (exact) mass is 276 g/mol. The quantitative estimate of drug-likeness (QED) is 0.818. The van der Waals surface area contributed by atoms with E-state index in [-0.39, 0.29) is 18.4 Å². The fourth-order valence-electron chi connectivity index (χ4n) is 2.31. The summed E-state index contributed by atoms with van der Waals surface area (Å²) in [6.07, 6.45) is 0.165. The molecule has 1 aromatic carbocycles. The van der Waals surface area contributed by atoms with Gasteiger partial charge >= 0.3 is 0 Å². The normalized spacial score (nSPS) is 19.7. The average Bonchev–Trinajstić information content (AvgIpc) is 2.42. The van der Waals surface area contributed by atoms with Gasteiger partial charge in [-0.3, -0.25) is 14.9 Å². The molecule has 2 N–H and O–H groups in total. The third-order valence-electron chi connectivity index (χ3n) is 3.76. The van der Waals surface area contributed by atoms with E-state index in [9.17, 15) is 14.7 Å². The van der Waals surface area contributed by atoms with Crippen molar-refractivity contribution >= 4 is 17.5 Å². The van der Waals surface area contributed by atoms with E-state index >= 15 is 0 Å². The molecule has 0 bridgehead atoms.